The number of hydrogen-bond donors (Lipinski definition) is 2. The van der Waals surface area contributed by atoms with Gasteiger partial charge in [0.15, 0.2) is 0 Å². The van der Waals surface area contributed by atoms with Gasteiger partial charge >= 0.3 is 0 Å². The Bertz CT molecular complexity index is 424. The lowest BCUT2D eigenvalue weighted by molar-refractivity contribution is -0.122. The molecule has 0 saturated heterocycles. The molecule has 112 valence electrons. The van der Waals surface area contributed by atoms with Gasteiger partial charge in [0.05, 0.1) is 13.0 Å². The minimum absolute atomic E-state index is 0.0175. The standard InChI is InChI=1S/C15H23BrN2O2/c1-11(2)8-13(10-17)18-15(19)6-7-20-14-5-3-4-12(16)9-14/h3-5,9,11,13H,6-8,10,17H2,1-2H3,(H,18,19). The monoisotopic (exact) mass is 342 g/mol. The van der Waals surface area contributed by atoms with Crippen LogP contribution in [0.25, 0.3) is 0 Å². The van der Waals surface area contributed by atoms with E-state index in [1.54, 1.807) is 0 Å². The van der Waals surface area contributed by atoms with Gasteiger partial charge in [0, 0.05) is 17.1 Å². The Labute approximate surface area is 129 Å². The van der Waals surface area contributed by atoms with Crippen molar-refractivity contribution in [2.45, 2.75) is 32.7 Å². The second kappa shape index (κ2) is 8.97. The molecule has 0 aromatic heterocycles. The highest BCUT2D eigenvalue weighted by molar-refractivity contribution is 9.10. The third-order valence-corrected chi connectivity index (χ3v) is 3.29. The van der Waals surface area contributed by atoms with Crippen molar-refractivity contribution < 1.29 is 9.53 Å². The number of hydrogen-bond acceptors (Lipinski definition) is 3. The zero-order chi connectivity index (χ0) is 15.0. The molecule has 1 rings (SSSR count). The molecule has 1 amide bonds. The summed E-state index contributed by atoms with van der Waals surface area (Å²) in [7, 11) is 0. The number of ether oxygens (including phenoxy) is 1. The molecule has 3 N–H and O–H groups in total. The average molecular weight is 343 g/mol. The maximum Gasteiger partial charge on any atom is 0.223 e. The summed E-state index contributed by atoms with van der Waals surface area (Å²) in [5.41, 5.74) is 5.65. The third-order valence-electron chi connectivity index (χ3n) is 2.80. The fourth-order valence-corrected chi connectivity index (χ4v) is 2.28. The van der Waals surface area contributed by atoms with Gasteiger partial charge in [-0.25, -0.2) is 0 Å². The molecule has 0 saturated carbocycles. The fourth-order valence-electron chi connectivity index (χ4n) is 1.90. The smallest absolute Gasteiger partial charge is 0.223 e. The number of amides is 1. The van der Waals surface area contributed by atoms with E-state index in [2.05, 4.69) is 35.1 Å². The number of rotatable bonds is 8. The van der Waals surface area contributed by atoms with Gasteiger partial charge in [-0.05, 0) is 30.5 Å². The first kappa shape index (κ1) is 17.0. The lowest BCUT2D eigenvalue weighted by atomic mass is 10.0. The maximum absolute atomic E-state index is 11.8. The number of carbonyl (C=O) groups excluding carboxylic acids is 1. The third kappa shape index (κ3) is 6.91. The topological polar surface area (TPSA) is 64.3 Å². The van der Waals surface area contributed by atoms with E-state index in [9.17, 15) is 4.79 Å². The van der Waals surface area contributed by atoms with E-state index in [4.69, 9.17) is 10.5 Å². The lowest BCUT2D eigenvalue weighted by Gasteiger charge is -2.18. The van der Waals surface area contributed by atoms with Crippen LogP contribution in [0, 0.1) is 5.92 Å². The molecule has 0 aliphatic rings. The highest BCUT2D eigenvalue weighted by Crippen LogP contribution is 2.17. The van der Waals surface area contributed by atoms with Gasteiger partial charge in [0.2, 0.25) is 5.91 Å². The van der Waals surface area contributed by atoms with Crippen LogP contribution in [0.3, 0.4) is 0 Å². The molecule has 1 aromatic carbocycles. The molecule has 5 heteroatoms. The van der Waals surface area contributed by atoms with Crippen LogP contribution in [-0.4, -0.2) is 25.1 Å². The van der Waals surface area contributed by atoms with Crippen LogP contribution in [0.1, 0.15) is 26.7 Å². The van der Waals surface area contributed by atoms with Crippen molar-refractivity contribution in [1.82, 2.24) is 5.32 Å². The van der Waals surface area contributed by atoms with Crippen LogP contribution in [0.15, 0.2) is 28.7 Å². The quantitative estimate of drug-likeness (QED) is 0.763. The maximum atomic E-state index is 11.8. The van der Waals surface area contributed by atoms with E-state index >= 15 is 0 Å². The highest BCUT2D eigenvalue weighted by Gasteiger charge is 2.12. The van der Waals surface area contributed by atoms with Crippen molar-refractivity contribution >= 4 is 21.8 Å². The first-order valence-electron chi connectivity index (χ1n) is 6.89. The molecule has 0 spiro atoms. The molecule has 1 aromatic rings. The molecule has 0 radical (unpaired) electrons. The first-order chi connectivity index (χ1) is 9.51. The van der Waals surface area contributed by atoms with Crippen LogP contribution in [0.4, 0.5) is 0 Å². The molecule has 1 atom stereocenters. The second-order valence-corrected chi connectivity index (χ2v) is 6.10. The Morgan fingerprint density at radius 3 is 2.80 bits per heavy atom. The highest BCUT2D eigenvalue weighted by atomic mass is 79.9. The Morgan fingerprint density at radius 1 is 1.45 bits per heavy atom. The van der Waals surface area contributed by atoms with E-state index in [0.717, 1.165) is 16.6 Å². The predicted molar refractivity (Wildman–Crippen MR) is 84.7 cm³/mol. The van der Waals surface area contributed by atoms with Crippen LogP contribution in [-0.2, 0) is 4.79 Å². The van der Waals surface area contributed by atoms with Crippen molar-refractivity contribution in [3.63, 3.8) is 0 Å². The summed E-state index contributed by atoms with van der Waals surface area (Å²) < 4.78 is 6.49. The summed E-state index contributed by atoms with van der Waals surface area (Å²) in [6, 6.07) is 7.61. The van der Waals surface area contributed by atoms with Crippen LogP contribution in [0.5, 0.6) is 5.75 Å². The normalized spacial score (nSPS) is 12.2. The lowest BCUT2D eigenvalue weighted by Crippen LogP contribution is -2.41. The SMILES string of the molecule is CC(C)CC(CN)NC(=O)CCOc1cccc(Br)c1. The molecule has 0 heterocycles. The molecule has 1 unspecified atom stereocenters. The van der Waals surface area contributed by atoms with Crippen molar-refractivity contribution in [1.29, 1.82) is 0 Å². The average Bonchev–Trinajstić information content (AvgIpc) is 2.37. The van der Waals surface area contributed by atoms with Crippen molar-refractivity contribution in [2.24, 2.45) is 11.7 Å². The van der Waals surface area contributed by atoms with Gasteiger partial charge in [-0.15, -0.1) is 0 Å². The largest absolute Gasteiger partial charge is 0.493 e. The number of benzene rings is 1. The molecule has 0 bridgehead atoms. The van der Waals surface area contributed by atoms with Crippen LogP contribution in [0.2, 0.25) is 0 Å². The minimum atomic E-state index is -0.0175. The molecular formula is C15H23BrN2O2. The summed E-state index contributed by atoms with van der Waals surface area (Å²) in [6.07, 6.45) is 1.23. The Hall–Kier alpha value is -1.07. The summed E-state index contributed by atoms with van der Waals surface area (Å²) in [5.74, 6) is 1.25. The minimum Gasteiger partial charge on any atom is -0.493 e. The van der Waals surface area contributed by atoms with E-state index in [-0.39, 0.29) is 11.9 Å². The molecular weight excluding hydrogens is 320 g/mol. The Morgan fingerprint density at radius 2 is 2.20 bits per heavy atom. The van der Waals surface area contributed by atoms with Crippen molar-refractivity contribution in [3.05, 3.63) is 28.7 Å². The summed E-state index contributed by atoms with van der Waals surface area (Å²) in [5, 5.41) is 2.94. The number of carbonyl (C=O) groups is 1. The fraction of sp³-hybridized carbons (Fsp3) is 0.533. The van der Waals surface area contributed by atoms with Crippen LogP contribution >= 0.6 is 15.9 Å². The number of halogens is 1. The van der Waals surface area contributed by atoms with E-state index in [1.807, 2.05) is 24.3 Å². The Balaban J connectivity index is 2.29. The van der Waals surface area contributed by atoms with Crippen molar-refractivity contribution in [3.8, 4) is 5.75 Å². The molecule has 20 heavy (non-hydrogen) atoms. The molecule has 0 aliphatic heterocycles. The summed E-state index contributed by atoms with van der Waals surface area (Å²) in [4.78, 5) is 11.8. The Kier molecular flexibility index (Phi) is 7.62. The number of nitrogens with one attached hydrogen (secondary N) is 1. The predicted octanol–water partition coefficient (Wildman–Crippen LogP) is 2.71. The van der Waals surface area contributed by atoms with Gasteiger partial charge < -0.3 is 15.8 Å². The molecule has 4 nitrogen and oxygen atoms in total. The zero-order valence-corrected chi connectivity index (χ0v) is 13.7. The van der Waals surface area contributed by atoms with E-state index < -0.39 is 0 Å². The van der Waals surface area contributed by atoms with Crippen molar-refractivity contribution in [2.75, 3.05) is 13.2 Å². The van der Waals surface area contributed by atoms with Gasteiger partial charge in [-0.3, -0.25) is 4.79 Å². The first-order valence-corrected chi connectivity index (χ1v) is 7.68. The molecule has 0 aliphatic carbocycles. The van der Waals surface area contributed by atoms with Gasteiger partial charge in [-0.2, -0.15) is 0 Å². The van der Waals surface area contributed by atoms with Gasteiger partial charge in [0.1, 0.15) is 5.75 Å². The molecule has 0 fully saturated rings. The summed E-state index contributed by atoms with van der Waals surface area (Å²) in [6.45, 7) is 5.06. The van der Waals surface area contributed by atoms with E-state index in [1.165, 1.54) is 0 Å². The van der Waals surface area contributed by atoms with E-state index in [0.29, 0.717) is 25.5 Å². The van der Waals surface area contributed by atoms with Gasteiger partial charge in [0.25, 0.3) is 0 Å². The summed E-state index contributed by atoms with van der Waals surface area (Å²) >= 11 is 3.37. The number of nitrogens with two attached hydrogens (primary N) is 1. The van der Waals surface area contributed by atoms with Crippen LogP contribution < -0.4 is 15.8 Å². The van der Waals surface area contributed by atoms with Gasteiger partial charge in [-0.1, -0.05) is 35.8 Å². The second-order valence-electron chi connectivity index (χ2n) is 5.19. The zero-order valence-electron chi connectivity index (χ0n) is 12.1.